The molecule has 6 nitrogen and oxygen atoms in total. The van der Waals surface area contributed by atoms with Crippen LogP contribution in [0.25, 0.3) is 0 Å². The normalized spacial score (nSPS) is 13.5. The Labute approximate surface area is 298 Å². The van der Waals surface area contributed by atoms with Crippen molar-refractivity contribution in [2.45, 2.75) is 157 Å². The van der Waals surface area contributed by atoms with E-state index in [1.807, 2.05) is 18.2 Å². The largest absolute Gasteiger partial charge is 0.530 e. The molecule has 0 saturated carbocycles. The number of phenolic OH excluding ortho intramolecular Hbond substituents is 3. The average molecular weight is 695 g/mol. The van der Waals surface area contributed by atoms with Crippen molar-refractivity contribution in [3.05, 3.63) is 69.8 Å². The van der Waals surface area contributed by atoms with Crippen LogP contribution in [0.5, 0.6) is 34.5 Å². The molecule has 3 rings (SSSR count). The van der Waals surface area contributed by atoms with Crippen molar-refractivity contribution in [3.8, 4) is 34.5 Å². The molecule has 0 fully saturated rings. The van der Waals surface area contributed by atoms with Crippen molar-refractivity contribution in [2.24, 2.45) is 0 Å². The van der Waals surface area contributed by atoms with Crippen molar-refractivity contribution in [3.63, 3.8) is 0 Å². The Morgan fingerprint density at radius 2 is 0.510 bits per heavy atom. The lowest BCUT2D eigenvalue weighted by atomic mass is 9.81. The van der Waals surface area contributed by atoms with Crippen LogP contribution < -0.4 is 13.6 Å². The van der Waals surface area contributed by atoms with Gasteiger partial charge in [0.2, 0.25) is 0 Å². The van der Waals surface area contributed by atoms with E-state index in [9.17, 15) is 15.3 Å². The molecule has 0 aliphatic carbocycles. The van der Waals surface area contributed by atoms with E-state index in [4.69, 9.17) is 13.6 Å². The minimum absolute atomic E-state index is 0.211. The lowest BCUT2D eigenvalue weighted by Crippen LogP contribution is -2.20. The zero-order valence-corrected chi connectivity index (χ0v) is 34.4. The predicted octanol–water partition coefficient (Wildman–Crippen LogP) is 12.4. The summed E-state index contributed by atoms with van der Waals surface area (Å²) in [7, 11) is -2.20. The summed E-state index contributed by atoms with van der Waals surface area (Å²) in [5.41, 5.74) is 2.44. The van der Waals surface area contributed by atoms with Gasteiger partial charge in [-0.05, 0) is 68.9 Å². The lowest BCUT2D eigenvalue weighted by Gasteiger charge is -2.32. The summed E-state index contributed by atoms with van der Waals surface area (Å²) in [6, 6.07) is 11.1. The van der Waals surface area contributed by atoms with Crippen LogP contribution in [0.3, 0.4) is 0 Å². The first-order chi connectivity index (χ1) is 21.8. The molecule has 3 aromatic carbocycles. The van der Waals surface area contributed by atoms with Crippen LogP contribution in [0, 0.1) is 0 Å². The fraction of sp³-hybridized carbons (Fsp3) is 0.571. The number of rotatable bonds is 6. The number of phenols is 3. The SMILES string of the molecule is CC(C)(C)c1cc(OP(Oc2cc(C(C)(C)C)c(O)cc2C(C)(C)C)Oc2cc(C(C)(C)C)c(O)cc2C(C)(C)C)c(C(C)(C)C)cc1O. The van der Waals surface area contributed by atoms with Gasteiger partial charge in [0.1, 0.15) is 34.5 Å². The zero-order chi connectivity index (χ0) is 37.9. The molecule has 0 heterocycles. The first-order valence-electron chi connectivity index (χ1n) is 17.3. The molecular formula is C42H63O6P. The Kier molecular flexibility index (Phi) is 10.9. The van der Waals surface area contributed by atoms with Gasteiger partial charge in [-0.3, -0.25) is 0 Å². The highest BCUT2D eigenvalue weighted by atomic mass is 31.2. The van der Waals surface area contributed by atoms with Crippen LogP contribution in [0.4, 0.5) is 0 Å². The van der Waals surface area contributed by atoms with E-state index in [1.165, 1.54) is 0 Å². The molecule has 0 aliphatic heterocycles. The Bertz CT molecular complexity index is 1460. The minimum Gasteiger partial charge on any atom is -0.508 e. The summed E-state index contributed by atoms with van der Waals surface area (Å²) in [6.07, 6.45) is 0. The third-order valence-electron chi connectivity index (χ3n) is 8.66. The molecular weight excluding hydrogens is 631 g/mol. The van der Waals surface area contributed by atoms with Gasteiger partial charge in [0, 0.05) is 33.4 Å². The molecule has 3 N–H and O–H groups in total. The van der Waals surface area contributed by atoms with Gasteiger partial charge < -0.3 is 28.9 Å². The third kappa shape index (κ3) is 9.57. The summed E-state index contributed by atoms with van der Waals surface area (Å²) in [4.78, 5) is 0. The molecule has 0 amide bonds. The Hall–Kier alpha value is -3.11. The molecule has 3 aromatic rings. The van der Waals surface area contributed by atoms with Gasteiger partial charge in [-0.25, -0.2) is 0 Å². The maximum Gasteiger partial charge on any atom is 0.530 e. The highest BCUT2D eigenvalue weighted by Crippen LogP contribution is 2.53. The highest BCUT2D eigenvalue weighted by molar-refractivity contribution is 7.43. The van der Waals surface area contributed by atoms with Crippen LogP contribution in [0.1, 0.15) is 158 Å². The fourth-order valence-electron chi connectivity index (χ4n) is 5.79. The van der Waals surface area contributed by atoms with E-state index >= 15 is 0 Å². The maximum absolute atomic E-state index is 11.2. The van der Waals surface area contributed by atoms with Crippen molar-refractivity contribution < 1.29 is 28.9 Å². The molecule has 0 aliphatic rings. The van der Waals surface area contributed by atoms with E-state index in [0.29, 0.717) is 17.2 Å². The fourth-order valence-corrected chi connectivity index (χ4v) is 6.84. The van der Waals surface area contributed by atoms with E-state index < -0.39 is 8.60 Å². The molecule has 0 atom stereocenters. The van der Waals surface area contributed by atoms with E-state index in [-0.39, 0.29) is 49.7 Å². The van der Waals surface area contributed by atoms with Gasteiger partial charge in [-0.15, -0.1) is 0 Å². The zero-order valence-electron chi connectivity index (χ0n) is 33.5. The van der Waals surface area contributed by atoms with Crippen molar-refractivity contribution in [2.75, 3.05) is 0 Å². The second-order valence-corrected chi connectivity index (χ2v) is 20.6. The number of hydrogen-bond acceptors (Lipinski definition) is 6. The smallest absolute Gasteiger partial charge is 0.508 e. The predicted molar refractivity (Wildman–Crippen MR) is 205 cm³/mol. The second-order valence-electron chi connectivity index (χ2n) is 19.6. The van der Waals surface area contributed by atoms with Gasteiger partial charge in [0.05, 0.1) is 0 Å². The molecule has 0 saturated heterocycles. The Balaban J connectivity index is 2.41. The summed E-state index contributed by atoms with van der Waals surface area (Å²) in [5.74, 6) is 2.30. The number of hydrogen-bond donors (Lipinski definition) is 3. The number of aromatic hydroxyl groups is 3. The standard InChI is InChI=1S/C42H63O6P/c1-37(2,3)25-22-34(28(19-31(25)43)40(10,11)12)46-49(47-35-23-26(38(4,5)6)32(44)20-29(35)41(13,14)15)48-36-24-27(39(7,8)9)33(45)21-30(36)42(16,17)18/h19-24,43-45H,1-18H3. The number of benzene rings is 3. The molecule has 0 unspecified atom stereocenters. The van der Waals surface area contributed by atoms with Gasteiger partial charge in [0.25, 0.3) is 0 Å². The molecule has 0 aromatic heterocycles. The summed E-state index contributed by atoms with van der Waals surface area (Å²) in [5, 5.41) is 33.5. The highest BCUT2D eigenvalue weighted by Gasteiger charge is 2.35. The van der Waals surface area contributed by atoms with Gasteiger partial charge in [0.15, 0.2) is 0 Å². The van der Waals surface area contributed by atoms with Gasteiger partial charge >= 0.3 is 8.60 Å². The first-order valence-corrected chi connectivity index (χ1v) is 18.4. The summed E-state index contributed by atoms with van der Waals surface area (Å²) >= 11 is 0. The van der Waals surface area contributed by atoms with E-state index in [0.717, 1.165) is 33.4 Å². The monoisotopic (exact) mass is 694 g/mol. The molecule has 0 bridgehead atoms. The van der Waals surface area contributed by atoms with Crippen LogP contribution in [0.15, 0.2) is 36.4 Å². The van der Waals surface area contributed by atoms with Crippen LogP contribution in [-0.4, -0.2) is 15.3 Å². The maximum atomic E-state index is 11.2. The van der Waals surface area contributed by atoms with Crippen LogP contribution in [0.2, 0.25) is 0 Å². The molecule has 7 heteroatoms. The molecule has 0 spiro atoms. The summed E-state index contributed by atoms with van der Waals surface area (Å²) in [6.45, 7) is 37.2. The molecule has 0 radical (unpaired) electrons. The summed E-state index contributed by atoms with van der Waals surface area (Å²) < 4.78 is 20.7. The average Bonchev–Trinajstić information content (AvgIpc) is 2.87. The van der Waals surface area contributed by atoms with Gasteiger partial charge in [-0.1, -0.05) is 125 Å². The van der Waals surface area contributed by atoms with Crippen molar-refractivity contribution >= 4 is 8.60 Å². The molecule has 272 valence electrons. The minimum atomic E-state index is -2.20. The molecule has 49 heavy (non-hydrogen) atoms. The quantitative estimate of drug-likeness (QED) is 0.223. The van der Waals surface area contributed by atoms with E-state index in [2.05, 4.69) is 125 Å². The van der Waals surface area contributed by atoms with Crippen molar-refractivity contribution in [1.29, 1.82) is 0 Å². The van der Waals surface area contributed by atoms with Gasteiger partial charge in [-0.2, -0.15) is 0 Å². The van der Waals surface area contributed by atoms with Crippen LogP contribution >= 0.6 is 8.60 Å². The first kappa shape index (κ1) is 40.3. The Morgan fingerprint density at radius 3 is 0.673 bits per heavy atom. The lowest BCUT2D eigenvalue weighted by molar-refractivity contribution is 0.365. The second kappa shape index (κ2) is 13.2. The van der Waals surface area contributed by atoms with Crippen molar-refractivity contribution in [1.82, 2.24) is 0 Å². The topological polar surface area (TPSA) is 88.4 Å². The van der Waals surface area contributed by atoms with Crippen LogP contribution in [-0.2, 0) is 32.5 Å². The van der Waals surface area contributed by atoms with E-state index in [1.54, 1.807) is 18.2 Å². The third-order valence-corrected chi connectivity index (χ3v) is 9.70. The Morgan fingerprint density at radius 1 is 0.327 bits per heavy atom.